The largest absolute Gasteiger partial charge is 0.356 e. The molecular weight excluding hydrogens is 217 g/mol. The fourth-order valence-electron chi connectivity index (χ4n) is 2.12. The molecule has 1 aromatic rings. The van der Waals surface area contributed by atoms with Crippen LogP contribution in [-0.4, -0.2) is 12.5 Å². The molecule has 0 bridgehead atoms. The average molecular weight is 235 g/mol. The van der Waals surface area contributed by atoms with E-state index in [0.29, 0.717) is 5.56 Å². The number of carbonyl (C=O) groups excluding carboxylic acids is 1. The first-order valence-corrected chi connectivity index (χ1v) is 6.26. The second kappa shape index (κ2) is 5.30. The van der Waals surface area contributed by atoms with Gasteiger partial charge in [0.1, 0.15) is 5.82 Å². The molecule has 3 heteroatoms. The summed E-state index contributed by atoms with van der Waals surface area (Å²) in [5, 5.41) is 2.90. The van der Waals surface area contributed by atoms with Crippen molar-refractivity contribution < 1.29 is 9.18 Å². The van der Waals surface area contributed by atoms with Crippen LogP contribution in [0.15, 0.2) is 24.3 Å². The summed E-state index contributed by atoms with van der Waals surface area (Å²) in [4.78, 5) is 11.7. The number of hydrogen-bond acceptors (Lipinski definition) is 1. The van der Waals surface area contributed by atoms with Crippen LogP contribution in [0, 0.1) is 11.7 Å². The minimum Gasteiger partial charge on any atom is -0.356 e. The number of benzene rings is 1. The van der Waals surface area contributed by atoms with Crippen LogP contribution in [0.1, 0.15) is 37.7 Å². The molecule has 1 N–H and O–H groups in total. The quantitative estimate of drug-likeness (QED) is 0.781. The van der Waals surface area contributed by atoms with Crippen molar-refractivity contribution in [3.8, 4) is 0 Å². The van der Waals surface area contributed by atoms with Gasteiger partial charge in [0.2, 0.25) is 5.91 Å². The van der Waals surface area contributed by atoms with Crippen molar-refractivity contribution >= 4 is 5.91 Å². The maximum absolute atomic E-state index is 13.5. The Morgan fingerprint density at radius 3 is 2.94 bits per heavy atom. The first kappa shape index (κ1) is 12.1. The summed E-state index contributed by atoms with van der Waals surface area (Å²) in [6, 6.07) is 6.74. The Balaban J connectivity index is 1.88. The Morgan fingerprint density at radius 1 is 1.47 bits per heavy atom. The van der Waals surface area contributed by atoms with E-state index in [1.807, 2.05) is 6.07 Å². The van der Waals surface area contributed by atoms with Gasteiger partial charge < -0.3 is 5.32 Å². The Hall–Kier alpha value is -1.38. The monoisotopic (exact) mass is 235 g/mol. The van der Waals surface area contributed by atoms with Gasteiger partial charge in [-0.1, -0.05) is 31.5 Å². The third-order valence-corrected chi connectivity index (χ3v) is 3.26. The summed E-state index contributed by atoms with van der Waals surface area (Å²) in [5.41, 5.74) is 0.683. The Kier molecular flexibility index (Phi) is 3.77. The molecule has 1 saturated carbocycles. The molecule has 0 heterocycles. The van der Waals surface area contributed by atoms with Gasteiger partial charge in [-0.05, 0) is 30.4 Å². The highest BCUT2D eigenvalue weighted by atomic mass is 19.1. The molecule has 0 radical (unpaired) electrons. The minimum absolute atomic E-state index is 0.0243. The van der Waals surface area contributed by atoms with E-state index in [1.54, 1.807) is 12.1 Å². The first-order chi connectivity index (χ1) is 8.24. The number of nitrogens with one attached hydrogen (secondary N) is 1. The molecule has 2 unspecified atom stereocenters. The van der Waals surface area contributed by atoms with Crippen molar-refractivity contribution in [2.75, 3.05) is 6.54 Å². The lowest BCUT2D eigenvalue weighted by Gasteiger charge is -2.04. The zero-order valence-corrected chi connectivity index (χ0v) is 10.1. The minimum atomic E-state index is -0.193. The topological polar surface area (TPSA) is 29.1 Å². The van der Waals surface area contributed by atoms with Crippen LogP contribution < -0.4 is 5.32 Å². The van der Waals surface area contributed by atoms with E-state index < -0.39 is 0 Å². The summed E-state index contributed by atoms with van der Waals surface area (Å²) in [6.45, 7) is 2.82. The van der Waals surface area contributed by atoms with E-state index >= 15 is 0 Å². The summed E-state index contributed by atoms with van der Waals surface area (Å²) in [6.07, 6.45) is 2.85. The molecule has 1 aliphatic carbocycles. The number of halogens is 1. The Morgan fingerprint density at radius 2 is 2.24 bits per heavy atom. The van der Waals surface area contributed by atoms with Crippen LogP contribution in [0.5, 0.6) is 0 Å². The number of unbranched alkanes of at least 4 members (excludes halogenated alkanes) is 1. The van der Waals surface area contributed by atoms with Crippen LogP contribution in [0.4, 0.5) is 4.39 Å². The number of amides is 1. The van der Waals surface area contributed by atoms with E-state index in [2.05, 4.69) is 12.2 Å². The molecule has 92 valence electrons. The van der Waals surface area contributed by atoms with Crippen LogP contribution >= 0.6 is 0 Å². The van der Waals surface area contributed by atoms with Gasteiger partial charge in [-0.25, -0.2) is 4.39 Å². The summed E-state index contributed by atoms with van der Waals surface area (Å²) >= 11 is 0. The molecule has 1 fully saturated rings. The van der Waals surface area contributed by atoms with Gasteiger partial charge >= 0.3 is 0 Å². The van der Waals surface area contributed by atoms with Crippen LogP contribution in [0.2, 0.25) is 0 Å². The maximum Gasteiger partial charge on any atom is 0.223 e. The lowest BCUT2D eigenvalue weighted by Crippen LogP contribution is -2.26. The molecule has 2 atom stereocenters. The average Bonchev–Trinajstić information content (AvgIpc) is 3.10. The van der Waals surface area contributed by atoms with Crippen molar-refractivity contribution in [2.45, 2.75) is 32.1 Å². The molecule has 2 nitrogen and oxygen atoms in total. The van der Waals surface area contributed by atoms with Crippen molar-refractivity contribution in [3.63, 3.8) is 0 Å². The van der Waals surface area contributed by atoms with Gasteiger partial charge in [-0.3, -0.25) is 4.79 Å². The number of carbonyl (C=O) groups is 1. The predicted molar refractivity (Wildman–Crippen MR) is 65.2 cm³/mol. The third-order valence-electron chi connectivity index (χ3n) is 3.26. The molecule has 1 aliphatic rings. The lowest BCUT2D eigenvalue weighted by atomic mass is 10.1. The number of hydrogen-bond donors (Lipinski definition) is 1. The second-order valence-electron chi connectivity index (χ2n) is 4.61. The van der Waals surface area contributed by atoms with Crippen LogP contribution in [0.25, 0.3) is 0 Å². The van der Waals surface area contributed by atoms with E-state index in [4.69, 9.17) is 0 Å². The van der Waals surface area contributed by atoms with Crippen LogP contribution in [-0.2, 0) is 4.79 Å². The van der Waals surface area contributed by atoms with Gasteiger partial charge in [0, 0.05) is 12.5 Å². The highest BCUT2D eigenvalue weighted by molar-refractivity contribution is 5.82. The molecule has 1 aromatic carbocycles. The smallest absolute Gasteiger partial charge is 0.223 e. The van der Waals surface area contributed by atoms with E-state index in [1.165, 1.54) is 6.07 Å². The molecule has 0 spiro atoms. The highest BCUT2D eigenvalue weighted by Gasteiger charge is 2.44. The fourth-order valence-corrected chi connectivity index (χ4v) is 2.12. The zero-order chi connectivity index (χ0) is 12.3. The van der Waals surface area contributed by atoms with E-state index in [-0.39, 0.29) is 23.6 Å². The number of rotatable bonds is 5. The predicted octanol–water partition coefficient (Wildman–Crippen LogP) is 2.85. The molecule has 2 rings (SSSR count). The highest BCUT2D eigenvalue weighted by Crippen LogP contribution is 2.48. The van der Waals surface area contributed by atoms with Crippen molar-refractivity contribution in [2.24, 2.45) is 5.92 Å². The standard InChI is InChI=1S/C14H18FNO/c1-2-3-8-16-14(17)12-9-11(12)10-6-4-5-7-13(10)15/h4-7,11-12H,2-3,8-9H2,1H3,(H,16,17). The molecule has 0 aromatic heterocycles. The van der Waals surface area contributed by atoms with E-state index in [9.17, 15) is 9.18 Å². The van der Waals surface area contributed by atoms with Crippen molar-refractivity contribution in [1.29, 1.82) is 0 Å². The molecular formula is C14H18FNO. The first-order valence-electron chi connectivity index (χ1n) is 6.26. The maximum atomic E-state index is 13.5. The Labute approximate surface area is 101 Å². The second-order valence-corrected chi connectivity index (χ2v) is 4.61. The SMILES string of the molecule is CCCCNC(=O)C1CC1c1ccccc1F. The molecule has 0 aliphatic heterocycles. The van der Waals surface area contributed by atoms with Gasteiger partial charge in [-0.2, -0.15) is 0 Å². The van der Waals surface area contributed by atoms with Crippen molar-refractivity contribution in [1.82, 2.24) is 5.32 Å². The van der Waals surface area contributed by atoms with Crippen molar-refractivity contribution in [3.05, 3.63) is 35.6 Å². The van der Waals surface area contributed by atoms with Gasteiger partial charge in [0.05, 0.1) is 0 Å². The normalized spacial score (nSPS) is 22.2. The van der Waals surface area contributed by atoms with E-state index in [0.717, 1.165) is 25.8 Å². The van der Waals surface area contributed by atoms with Gasteiger partial charge in [-0.15, -0.1) is 0 Å². The fraction of sp³-hybridized carbons (Fsp3) is 0.500. The zero-order valence-electron chi connectivity index (χ0n) is 10.1. The van der Waals surface area contributed by atoms with Gasteiger partial charge in [0.25, 0.3) is 0 Å². The molecule has 0 saturated heterocycles. The summed E-state index contributed by atoms with van der Waals surface area (Å²) in [7, 11) is 0. The summed E-state index contributed by atoms with van der Waals surface area (Å²) < 4.78 is 13.5. The molecule has 17 heavy (non-hydrogen) atoms. The molecule has 1 amide bonds. The summed E-state index contributed by atoms with van der Waals surface area (Å²) in [5.74, 6) is -0.0605. The van der Waals surface area contributed by atoms with Gasteiger partial charge in [0.15, 0.2) is 0 Å². The van der Waals surface area contributed by atoms with Crippen LogP contribution in [0.3, 0.4) is 0 Å². The third kappa shape index (κ3) is 2.84. The Bertz CT molecular complexity index is 405. The lowest BCUT2D eigenvalue weighted by molar-refractivity contribution is -0.122.